The van der Waals surface area contributed by atoms with Gasteiger partial charge in [-0.1, -0.05) is 0 Å². The highest BCUT2D eigenvalue weighted by atomic mass is 16.6. The Morgan fingerprint density at radius 3 is 0.682 bits per heavy atom. The zero-order valence-corrected chi connectivity index (χ0v) is 27.0. The molecule has 0 atom stereocenters. The summed E-state index contributed by atoms with van der Waals surface area (Å²) in [6.45, 7) is 14.6. The van der Waals surface area contributed by atoms with Crippen LogP contribution in [-0.2, 0) is 71.1 Å². The summed E-state index contributed by atoms with van der Waals surface area (Å²) in [6, 6.07) is 0. The molecule has 0 aliphatic carbocycles. The minimum atomic E-state index is -0.408. The molecule has 15 heteroatoms. The Morgan fingerprint density at radius 1 is 0.318 bits per heavy atom. The third-order valence-corrected chi connectivity index (χ3v) is 5.12. The molecule has 0 aromatic rings. The maximum atomic E-state index is 10.8. The van der Waals surface area contributed by atoms with Gasteiger partial charge in [0.05, 0.1) is 166 Å². The first-order valence-corrected chi connectivity index (χ1v) is 15.4. The van der Waals surface area contributed by atoms with Gasteiger partial charge >= 0.3 is 5.97 Å². The molecule has 0 radical (unpaired) electrons. The molecule has 0 spiro atoms. The van der Waals surface area contributed by atoms with Gasteiger partial charge in [-0.05, 0) is 6.92 Å². The van der Waals surface area contributed by atoms with E-state index in [1.165, 1.54) is 7.11 Å². The van der Waals surface area contributed by atoms with Crippen molar-refractivity contribution in [2.75, 3.05) is 179 Å². The second-order valence-electron chi connectivity index (χ2n) is 8.56. The van der Waals surface area contributed by atoms with E-state index in [9.17, 15) is 4.79 Å². The minimum Gasteiger partial charge on any atom is -0.467 e. The molecule has 44 heavy (non-hydrogen) atoms. The van der Waals surface area contributed by atoms with Crippen LogP contribution in [0.2, 0.25) is 0 Å². The van der Waals surface area contributed by atoms with Crippen molar-refractivity contribution in [2.24, 2.45) is 0 Å². The van der Waals surface area contributed by atoms with Crippen molar-refractivity contribution in [1.29, 1.82) is 0 Å². The smallest absolute Gasteiger partial charge is 0.331 e. The molecule has 15 nitrogen and oxygen atoms in total. The largest absolute Gasteiger partial charge is 0.467 e. The lowest BCUT2D eigenvalue weighted by atomic mass is 10.6. The van der Waals surface area contributed by atoms with E-state index in [-0.39, 0.29) is 6.61 Å². The molecular formula is C29H58O15. The van der Waals surface area contributed by atoms with Crippen LogP contribution in [0.1, 0.15) is 6.92 Å². The molecule has 0 aromatic heterocycles. The molecule has 0 aliphatic rings. The zero-order valence-electron chi connectivity index (χ0n) is 27.0. The summed E-state index contributed by atoms with van der Waals surface area (Å²) >= 11 is 0. The number of hydrogen-bond acceptors (Lipinski definition) is 15. The Hall–Kier alpha value is -1.05. The van der Waals surface area contributed by atoms with Crippen LogP contribution >= 0.6 is 0 Å². The van der Waals surface area contributed by atoms with Gasteiger partial charge in [0, 0.05) is 6.61 Å². The Kier molecular flexibility index (Phi) is 39.0. The quantitative estimate of drug-likeness (QED) is 0.0670. The monoisotopic (exact) mass is 646 g/mol. The van der Waals surface area contributed by atoms with Crippen LogP contribution in [0.15, 0.2) is 0 Å². The topological polar surface area (TPSA) is 146 Å². The van der Waals surface area contributed by atoms with E-state index >= 15 is 0 Å². The average molecular weight is 647 g/mol. The third kappa shape index (κ3) is 39.0. The highest BCUT2D eigenvalue weighted by molar-refractivity contribution is 5.70. The molecule has 0 saturated heterocycles. The van der Waals surface area contributed by atoms with Gasteiger partial charge in [-0.3, -0.25) is 0 Å². The third-order valence-electron chi connectivity index (χ3n) is 5.12. The summed E-state index contributed by atoms with van der Waals surface area (Å²) in [5.74, 6) is -0.408. The van der Waals surface area contributed by atoms with Crippen LogP contribution in [0.25, 0.3) is 0 Å². The number of methoxy groups -OCH3 is 1. The molecule has 264 valence electrons. The van der Waals surface area contributed by atoms with E-state index in [4.69, 9.17) is 61.6 Å². The fraction of sp³-hybridized carbons (Fsp3) is 0.966. The van der Waals surface area contributed by atoms with E-state index < -0.39 is 5.97 Å². The molecule has 0 aromatic carbocycles. The SMILES string of the molecule is CCOCCOCCOCCOCCOCCOCCOCCOCCOCCOCCOCCOCCOCC(=O)OC. The van der Waals surface area contributed by atoms with Crippen molar-refractivity contribution in [2.45, 2.75) is 6.92 Å². The van der Waals surface area contributed by atoms with Crippen molar-refractivity contribution < 1.29 is 71.1 Å². The van der Waals surface area contributed by atoms with Gasteiger partial charge in [-0.15, -0.1) is 0 Å². The Bertz CT molecular complexity index is 545. The van der Waals surface area contributed by atoms with E-state index in [0.717, 1.165) is 0 Å². The molecule has 0 fully saturated rings. The maximum Gasteiger partial charge on any atom is 0.331 e. The summed E-state index contributed by atoms with van der Waals surface area (Å²) in [7, 11) is 1.31. The predicted molar refractivity (Wildman–Crippen MR) is 158 cm³/mol. The lowest BCUT2D eigenvalue weighted by Gasteiger charge is -2.09. The number of hydrogen-bond donors (Lipinski definition) is 0. The molecular weight excluding hydrogens is 588 g/mol. The van der Waals surface area contributed by atoms with Crippen LogP contribution in [0, 0.1) is 0 Å². The van der Waals surface area contributed by atoms with Gasteiger partial charge in [0.1, 0.15) is 6.61 Å². The average Bonchev–Trinajstić information content (AvgIpc) is 3.04. The first-order chi connectivity index (χ1) is 21.8. The predicted octanol–water partition coefficient (Wildman–Crippen LogP) is 0.395. The minimum absolute atomic E-state index is 0.0706. The van der Waals surface area contributed by atoms with E-state index in [1.807, 2.05) is 6.92 Å². The molecule has 0 rings (SSSR count). The summed E-state index contributed by atoms with van der Waals surface area (Å²) in [5, 5.41) is 0. The Balaban J connectivity index is 3.04. The normalized spacial score (nSPS) is 11.4. The Morgan fingerprint density at radius 2 is 0.500 bits per heavy atom. The van der Waals surface area contributed by atoms with Crippen LogP contribution in [0.4, 0.5) is 0 Å². The van der Waals surface area contributed by atoms with Crippen LogP contribution in [-0.4, -0.2) is 185 Å². The highest BCUT2D eigenvalue weighted by Gasteiger charge is 1.99. The maximum absolute atomic E-state index is 10.8. The summed E-state index contributed by atoms with van der Waals surface area (Å²) < 4.78 is 74.3. The van der Waals surface area contributed by atoms with Gasteiger partial charge in [-0.2, -0.15) is 0 Å². The number of carbonyl (C=O) groups is 1. The number of carbonyl (C=O) groups excluding carboxylic acids is 1. The van der Waals surface area contributed by atoms with Gasteiger partial charge in [0.2, 0.25) is 0 Å². The van der Waals surface area contributed by atoms with E-state index in [0.29, 0.717) is 165 Å². The molecule has 0 bridgehead atoms. The van der Waals surface area contributed by atoms with Crippen molar-refractivity contribution in [3.8, 4) is 0 Å². The molecule has 0 unspecified atom stereocenters. The van der Waals surface area contributed by atoms with Crippen LogP contribution in [0.3, 0.4) is 0 Å². The fourth-order valence-electron chi connectivity index (χ4n) is 2.90. The van der Waals surface area contributed by atoms with Crippen molar-refractivity contribution >= 4 is 5.97 Å². The van der Waals surface area contributed by atoms with Crippen molar-refractivity contribution in [1.82, 2.24) is 0 Å². The number of esters is 1. The zero-order chi connectivity index (χ0) is 31.9. The van der Waals surface area contributed by atoms with E-state index in [2.05, 4.69) is 4.74 Å². The van der Waals surface area contributed by atoms with Gasteiger partial charge in [0.15, 0.2) is 0 Å². The molecule has 0 saturated carbocycles. The first kappa shape index (κ1) is 43.0. The summed E-state index contributed by atoms with van der Waals surface area (Å²) in [4.78, 5) is 10.8. The summed E-state index contributed by atoms with van der Waals surface area (Å²) in [6.07, 6.45) is 0. The van der Waals surface area contributed by atoms with Gasteiger partial charge in [0.25, 0.3) is 0 Å². The second-order valence-corrected chi connectivity index (χ2v) is 8.56. The molecule has 0 aliphatic heterocycles. The van der Waals surface area contributed by atoms with Gasteiger partial charge < -0.3 is 66.3 Å². The van der Waals surface area contributed by atoms with Gasteiger partial charge in [-0.25, -0.2) is 4.79 Å². The lowest BCUT2D eigenvalue weighted by Crippen LogP contribution is -2.16. The molecule has 0 N–H and O–H groups in total. The van der Waals surface area contributed by atoms with Crippen LogP contribution < -0.4 is 0 Å². The van der Waals surface area contributed by atoms with Crippen LogP contribution in [0.5, 0.6) is 0 Å². The number of rotatable bonds is 39. The fourth-order valence-corrected chi connectivity index (χ4v) is 2.90. The standard InChI is InChI=1S/C29H58O15/c1-3-32-4-5-33-6-7-34-8-9-35-10-11-36-12-13-37-14-15-38-16-17-39-18-19-40-20-21-41-22-23-42-24-25-43-26-27-44-28-29(30)31-2/h3-28H2,1-2H3. The van der Waals surface area contributed by atoms with E-state index in [1.54, 1.807) is 0 Å². The van der Waals surface area contributed by atoms with Crippen molar-refractivity contribution in [3.05, 3.63) is 0 Å². The lowest BCUT2D eigenvalue weighted by molar-refractivity contribution is -0.146. The Labute approximate surface area is 263 Å². The van der Waals surface area contributed by atoms with Crippen molar-refractivity contribution in [3.63, 3.8) is 0 Å². The molecule has 0 heterocycles. The second kappa shape index (κ2) is 40.0. The molecule has 0 amide bonds. The number of ether oxygens (including phenoxy) is 14. The first-order valence-electron chi connectivity index (χ1n) is 15.4. The summed E-state index contributed by atoms with van der Waals surface area (Å²) in [5.41, 5.74) is 0. The highest BCUT2D eigenvalue weighted by Crippen LogP contribution is 1.88.